The highest BCUT2D eigenvalue weighted by Gasteiger charge is 2.37. The second-order valence-electron chi connectivity index (χ2n) is 7.20. The molecule has 0 aliphatic carbocycles. The highest BCUT2D eigenvalue weighted by Crippen LogP contribution is 2.23. The van der Waals surface area contributed by atoms with Gasteiger partial charge in [-0.15, -0.1) is 0 Å². The molecule has 1 aromatic rings. The van der Waals surface area contributed by atoms with E-state index in [1.165, 1.54) is 0 Å². The van der Waals surface area contributed by atoms with Crippen LogP contribution in [0, 0.1) is 5.92 Å². The molecule has 26 heavy (non-hydrogen) atoms. The lowest BCUT2D eigenvalue weighted by Gasteiger charge is -2.39. The first-order valence-electron chi connectivity index (χ1n) is 9.53. The minimum Gasteiger partial charge on any atom is -0.369 e. The Labute approximate surface area is 155 Å². The van der Waals surface area contributed by atoms with Gasteiger partial charge in [-0.25, -0.2) is 0 Å². The summed E-state index contributed by atoms with van der Waals surface area (Å²) in [5, 5.41) is 3.19. The number of ether oxygens (including phenoxy) is 1. The number of amides is 2. The van der Waals surface area contributed by atoms with Gasteiger partial charge in [-0.2, -0.15) is 0 Å². The van der Waals surface area contributed by atoms with Crippen molar-refractivity contribution in [2.45, 2.75) is 31.8 Å². The van der Waals surface area contributed by atoms with Crippen molar-refractivity contribution in [1.29, 1.82) is 0 Å². The van der Waals surface area contributed by atoms with Gasteiger partial charge in [0, 0.05) is 19.6 Å². The van der Waals surface area contributed by atoms with Crippen molar-refractivity contribution in [1.82, 2.24) is 15.1 Å². The van der Waals surface area contributed by atoms with Crippen LogP contribution >= 0.6 is 0 Å². The van der Waals surface area contributed by atoms with Gasteiger partial charge in [0.1, 0.15) is 12.6 Å². The number of piperidine rings is 1. The number of hydrogen-bond donors (Lipinski definition) is 1. The first-order chi connectivity index (χ1) is 12.7. The Hall–Kier alpha value is -1.92. The molecule has 0 aromatic heterocycles. The van der Waals surface area contributed by atoms with Crippen molar-refractivity contribution in [2.24, 2.45) is 5.92 Å². The van der Waals surface area contributed by atoms with E-state index in [4.69, 9.17) is 4.74 Å². The maximum Gasteiger partial charge on any atom is 0.249 e. The average Bonchev–Trinajstić information content (AvgIpc) is 2.68. The second-order valence-corrected chi connectivity index (χ2v) is 7.20. The van der Waals surface area contributed by atoms with E-state index >= 15 is 0 Å². The summed E-state index contributed by atoms with van der Waals surface area (Å²) in [6.45, 7) is 3.38. The lowest BCUT2D eigenvalue weighted by Crippen LogP contribution is -2.57. The fourth-order valence-corrected chi connectivity index (χ4v) is 3.79. The van der Waals surface area contributed by atoms with E-state index < -0.39 is 6.04 Å². The van der Waals surface area contributed by atoms with Gasteiger partial charge in [0.2, 0.25) is 11.8 Å². The van der Waals surface area contributed by atoms with Crippen LogP contribution in [0.5, 0.6) is 0 Å². The van der Waals surface area contributed by atoms with Crippen molar-refractivity contribution in [3.63, 3.8) is 0 Å². The lowest BCUT2D eigenvalue weighted by atomic mass is 9.93. The third-order valence-electron chi connectivity index (χ3n) is 5.41. The molecule has 0 radical (unpaired) electrons. The molecule has 1 aromatic carbocycles. The molecule has 6 heteroatoms. The molecule has 0 bridgehead atoms. The van der Waals surface area contributed by atoms with Gasteiger partial charge in [-0.3, -0.25) is 9.59 Å². The third kappa shape index (κ3) is 4.62. The molecule has 2 aliphatic rings. The summed E-state index contributed by atoms with van der Waals surface area (Å²) in [5.41, 5.74) is 1.03. The van der Waals surface area contributed by atoms with E-state index in [1.54, 1.807) is 4.90 Å². The number of morpholine rings is 1. The normalized spacial score (nSPS) is 21.9. The number of nitrogens with one attached hydrogen (secondary N) is 1. The predicted molar refractivity (Wildman–Crippen MR) is 99.4 cm³/mol. The van der Waals surface area contributed by atoms with E-state index in [9.17, 15) is 9.59 Å². The summed E-state index contributed by atoms with van der Waals surface area (Å²) in [6.07, 6.45) is 3.23. The van der Waals surface area contributed by atoms with E-state index in [2.05, 4.69) is 5.32 Å². The number of carbonyl (C=O) groups is 2. The van der Waals surface area contributed by atoms with Crippen molar-refractivity contribution in [2.75, 3.05) is 39.9 Å². The largest absolute Gasteiger partial charge is 0.369 e. The van der Waals surface area contributed by atoms with Crippen LogP contribution in [0.1, 0.15) is 24.8 Å². The summed E-state index contributed by atoms with van der Waals surface area (Å²) in [5.74, 6) is 0.597. The van der Waals surface area contributed by atoms with E-state index in [-0.39, 0.29) is 25.0 Å². The number of nitrogens with zero attached hydrogens (tertiary/aromatic N) is 2. The zero-order valence-corrected chi connectivity index (χ0v) is 15.5. The molecule has 0 spiro atoms. The Morgan fingerprint density at radius 2 is 1.96 bits per heavy atom. The third-order valence-corrected chi connectivity index (χ3v) is 5.41. The molecule has 1 atom stereocenters. The van der Waals surface area contributed by atoms with E-state index in [0.29, 0.717) is 12.5 Å². The fourth-order valence-electron chi connectivity index (χ4n) is 3.79. The molecule has 142 valence electrons. The molecule has 0 saturated carbocycles. The Morgan fingerprint density at radius 1 is 1.23 bits per heavy atom. The van der Waals surface area contributed by atoms with Gasteiger partial charge >= 0.3 is 0 Å². The Balaban J connectivity index is 1.62. The van der Waals surface area contributed by atoms with Crippen LogP contribution in [0.2, 0.25) is 0 Å². The number of likely N-dealkylation sites (tertiary alicyclic amines) is 1. The number of benzene rings is 1. The SMILES string of the molecule is CNCCC1CCN(C(=O)[C@H]2COCC(=O)N2Cc2ccccc2)CC1. The standard InChI is InChI=1S/C20H29N3O3/c1-21-10-7-16-8-11-22(12-9-16)20(25)18-14-26-15-19(24)23(18)13-17-5-3-2-4-6-17/h2-6,16,18,21H,7-15H2,1H3/t18-/m1/s1. The molecule has 3 rings (SSSR count). The fraction of sp³-hybridized carbons (Fsp3) is 0.600. The van der Waals surface area contributed by atoms with Gasteiger partial charge in [-0.1, -0.05) is 30.3 Å². The quantitative estimate of drug-likeness (QED) is 0.831. The zero-order valence-electron chi connectivity index (χ0n) is 15.5. The zero-order chi connectivity index (χ0) is 18.4. The Morgan fingerprint density at radius 3 is 2.65 bits per heavy atom. The van der Waals surface area contributed by atoms with Gasteiger partial charge in [-0.05, 0) is 44.3 Å². The van der Waals surface area contributed by atoms with Crippen molar-refractivity contribution < 1.29 is 14.3 Å². The molecule has 2 saturated heterocycles. The molecular weight excluding hydrogens is 330 g/mol. The highest BCUT2D eigenvalue weighted by molar-refractivity contribution is 5.89. The molecule has 1 N–H and O–H groups in total. The minimum absolute atomic E-state index is 0.0287. The summed E-state index contributed by atoms with van der Waals surface area (Å²) in [6, 6.07) is 9.31. The Kier molecular flexibility index (Phi) is 6.63. The number of rotatable bonds is 6. The van der Waals surface area contributed by atoms with E-state index in [1.807, 2.05) is 42.3 Å². The van der Waals surface area contributed by atoms with Gasteiger partial charge in [0.15, 0.2) is 0 Å². The average molecular weight is 359 g/mol. The second kappa shape index (κ2) is 9.14. The maximum absolute atomic E-state index is 13.1. The molecule has 2 fully saturated rings. The lowest BCUT2D eigenvalue weighted by molar-refractivity contribution is -0.160. The van der Waals surface area contributed by atoms with Gasteiger partial charge in [0.25, 0.3) is 0 Å². The number of hydrogen-bond acceptors (Lipinski definition) is 4. The highest BCUT2D eigenvalue weighted by atomic mass is 16.5. The molecule has 2 heterocycles. The maximum atomic E-state index is 13.1. The van der Waals surface area contributed by atoms with Crippen LogP contribution in [0.25, 0.3) is 0 Å². The molecule has 2 aliphatic heterocycles. The summed E-state index contributed by atoms with van der Waals surface area (Å²) in [7, 11) is 1.97. The van der Waals surface area contributed by atoms with Crippen LogP contribution < -0.4 is 5.32 Å². The first kappa shape index (κ1) is 18.9. The molecule has 2 amide bonds. The van der Waals surface area contributed by atoms with Gasteiger partial charge < -0.3 is 19.9 Å². The van der Waals surface area contributed by atoms with Crippen LogP contribution in [0.15, 0.2) is 30.3 Å². The van der Waals surface area contributed by atoms with Gasteiger partial charge in [0.05, 0.1) is 6.61 Å². The van der Waals surface area contributed by atoms with Crippen molar-refractivity contribution in [3.05, 3.63) is 35.9 Å². The van der Waals surface area contributed by atoms with Crippen molar-refractivity contribution >= 4 is 11.8 Å². The van der Waals surface area contributed by atoms with E-state index in [0.717, 1.165) is 44.5 Å². The molecule has 6 nitrogen and oxygen atoms in total. The number of carbonyl (C=O) groups excluding carboxylic acids is 2. The monoisotopic (exact) mass is 359 g/mol. The summed E-state index contributed by atoms with van der Waals surface area (Å²) in [4.78, 5) is 29.1. The first-order valence-corrected chi connectivity index (χ1v) is 9.53. The molecule has 0 unspecified atom stereocenters. The van der Waals surface area contributed by atoms with Crippen LogP contribution in [0.4, 0.5) is 0 Å². The summed E-state index contributed by atoms with van der Waals surface area (Å²) < 4.78 is 5.40. The van der Waals surface area contributed by atoms with Crippen molar-refractivity contribution in [3.8, 4) is 0 Å². The minimum atomic E-state index is -0.509. The molecular formula is C20H29N3O3. The topological polar surface area (TPSA) is 61.9 Å². The van der Waals surface area contributed by atoms with Crippen LogP contribution in [0.3, 0.4) is 0 Å². The predicted octanol–water partition coefficient (Wildman–Crippen LogP) is 1.26. The smallest absolute Gasteiger partial charge is 0.249 e. The van der Waals surface area contributed by atoms with Crippen LogP contribution in [-0.2, 0) is 20.9 Å². The van der Waals surface area contributed by atoms with Crippen LogP contribution in [-0.4, -0.2) is 67.6 Å². The summed E-state index contributed by atoms with van der Waals surface area (Å²) >= 11 is 0. The Bertz CT molecular complexity index is 600.